The molecule has 0 heterocycles. The van der Waals surface area contributed by atoms with Crippen molar-refractivity contribution in [2.45, 2.75) is 52.5 Å². The summed E-state index contributed by atoms with van der Waals surface area (Å²) in [4.78, 5) is 25.6. The first-order chi connectivity index (χ1) is 10.6. The van der Waals surface area contributed by atoms with Crippen molar-refractivity contribution in [1.29, 1.82) is 0 Å². The fourth-order valence-electron chi connectivity index (χ4n) is 3.02. The van der Waals surface area contributed by atoms with Crippen molar-refractivity contribution in [2.75, 3.05) is 13.1 Å². The first-order valence-electron chi connectivity index (χ1n) is 8.28. The normalized spacial score (nSPS) is 14.9. The minimum Gasteiger partial charge on any atom is -0.341 e. The van der Waals surface area contributed by atoms with Crippen LogP contribution >= 0.6 is 0 Å². The second-order valence-corrected chi connectivity index (χ2v) is 5.91. The zero-order chi connectivity index (χ0) is 16.1. The fourth-order valence-corrected chi connectivity index (χ4v) is 3.02. The van der Waals surface area contributed by atoms with Gasteiger partial charge in [0, 0.05) is 13.1 Å². The number of nitrogens with one attached hydrogen (secondary N) is 1. The molecule has 1 atom stereocenters. The molecule has 2 amide bonds. The third-order valence-electron chi connectivity index (χ3n) is 4.47. The van der Waals surface area contributed by atoms with E-state index in [2.05, 4.69) is 23.5 Å². The molecular formula is C18H26N2O2. The maximum absolute atomic E-state index is 12.1. The predicted molar refractivity (Wildman–Crippen MR) is 87.6 cm³/mol. The van der Waals surface area contributed by atoms with E-state index in [9.17, 15) is 9.59 Å². The summed E-state index contributed by atoms with van der Waals surface area (Å²) in [7, 11) is 0. The van der Waals surface area contributed by atoms with E-state index in [0.717, 1.165) is 18.4 Å². The van der Waals surface area contributed by atoms with Crippen LogP contribution in [-0.4, -0.2) is 29.8 Å². The molecule has 0 fully saturated rings. The monoisotopic (exact) mass is 302 g/mol. The van der Waals surface area contributed by atoms with Gasteiger partial charge in [-0.3, -0.25) is 9.59 Å². The van der Waals surface area contributed by atoms with Crippen molar-refractivity contribution in [2.24, 2.45) is 0 Å². The number of rotatable bonds is 4. The molecule has 0 saturated heterocycles. The lowest BCUT2D eigenvalue weighted by Gasteiger charge is -2.22. The average molecular weight is 302 g/mol. The molecule has 0 saturated carbocycles. The molecule has 1 aromatic carbocycles. The second kappa shape index (κ2) is 7.43. The molecule has 1 aliphatic carbocycles. The van der Waals surface area contributed by atoms with E-state index in [4.69, 9.17) is 0 Å². The molecule has 1 N–H and O–H groups in total. The Morgan fingerprint density at radius 1 is 1.14 bits per heavy atom. The lowest BCUT2D eigenvalue weighted by Crippen LogP contribution is -2.43. The summed E-state index contributed by atoms with van der Waals surface area (Å²) in [6, 6.07) is 6.26. The number of amides is 2. The number of carbonyl (C=O) groups excluding carboxylic acids is 2. The zero-order valence-corrected chi connectivity index (χ0v) is 13.8. The fraction of sp³-hybridized carbons (Fsp3) is 0.556. The van der Waals surface area contributed by atoms with Gasteiger partial charge in [0.2, 0.25) is 0 Å². The van der Waals surface area contributed by atoms with E-state index in [1.54, 1.807) is 0 Å². The number of benzene rings is 1. The highest BCUT2D eigenvalue weighted by Gasteiger charge is 2.21. The standard InChI is InChI=1S/C18H26N2O2/c1-4-20(5-2)18(22)17(21)19-13(3)15-11-10-14-8-6-7-9-16(14)12-15/h10-13H,4-9H2,1-3H3,(H,19,21). The molecule has 0 aromatic heterocycles. The van der Waals surface area contributed by atoms with Gasteiger partial charge in [-0.1, -0.05) is 18.2 Å². The van der Waals surface area contributed by atoms with E-state index in [1.807, 2.05) is 20.8 Å². The molecular weight excluding hydrogens is 276 g/mol. The molecule has 4 heteroatoms. The molecule has 120 valence electrons. The summed E-state index contributed by atoms with van der Waals surface area (Å²) in [5, 5.41) is 2.82. The predicted octanol–water partition coefficient (Wildman–Crippen LogP) is 2.61. The molecule has 0 radical (unpaired) electrons. The summed E-state index contributed by atoms with van der Waals surface area (Å²) in [5.41, 5.74) is 3.88. The molecule has 1 aromatic rings. The van der Waals surface area contributed by atoms with Gasteiger partial charge in [0.15, 0.2) is 0 Å². The van der Waals surface area contributed by atoms with Gasteiger partial charge < -0.3 is 10.2 Å². The van der Waals surface area contributed by atoms with E-state index < -0.39 is 11.8 Å². The van der Waals surface area contributed by atoms with Crippen LogP contribution in [0.5, 0.6) is 0 Å². The molecule has 0 spiro atoms. The third kappa shape index (κ3) is 3.67. The van der Waals surface area contributed by atoms with E-state index in [1.165, 1.54) is 28.9 Å². The van der Waals surface area contributed by atoms with Gasteiger partial charge in [0.05, 0.1) is 6.04 Å². The number of hydrogen-bond acceptors (Lipinski definition) is 2. The number of aryl methyl sites for hydroxylation is 2. The highest BCUT2D eigenvalue weighted by molar-refractivity contribution is 6.35. The first-order valence-corrected chi connectivity index (χ1v) is 8.28. The molecule has 0 aliphatic heterocycles. The summed E-state index contributed by atoms with van der Waals surface area (Å²) in [6.45, 7) is 6.78. The van der Waals surface area contributed by atoms with Crippen molar-refractivity contribution in [3.05, 3.63) is 34.9 Å². The van der Waals surface area contributed by atoms with Gasteiger partial charge in [-0.2, -0.15) is 0 Å². The maximum Gasteiger partial charge on any atom is 0.311 e. The van der Waals surface area contributed by atoms with Gasteiger partial charge in [0.1, 0.15) is 0 Å². The number of fused-ring (bicyclic) bond motifs is 1. The minimum atomic E-state index is -0.520. The van der Waals surface area contributed by atoms with Gasteiger partial charge in [0.25, 0.3) is 0 Å². The van der Waals surface area contributed by atoms with Crippen LogP contribution in [0.15, 0.2) is 18.2 Å². The van der Waals surface area contributed by atoms with Crippen molar-refractivity contribution < 1.29 is 9.59 Å². The SMILES string of the molecule is CCN(CC)C(=O)C(=O)NC(C)c1ccc2c(c1)CCCC2. The topological polar surface area (TPSA) is 49.4 Å². The van der Waals surface area contributed by atoms with E-state index >= 15 is 0 Å². The van der Waals surface area contributed by atoms with Crippen LogP contribution in [0.2, 0.25) is 0 Å². The smallest absolute Gasteiger partial charge is 0.311 e. The highest BCUT2D eigenvalue weighted by atomic mass is 16.2. The molecule has 1 aliphatic rings. The van der Waals surface area contributed by atoms with Crippen LogP contribution in [0.25, 0.3) is 0 Å². The molecule has 1 unspecified atom stereocenters. The third-order valence-corrected chi connectivity index (χ3v) is 4.47. The van der Waals surface area contributed by atoms with Crippen LogP contribution in [0, 0.1) is 0 Å². The van der Waals surface area contributed by atoms with Crippen LogP contribution in [0.1, 0.15) is 56.3 Å². The lowest BCUT2D eigenvalue weighted by molar-refractivity contribution is -0.145. The second-order valence-electron chi connectivity index (χ2n) is 5.91. The highest BCUT2D eigenvalue weighted by Crippen LogP contribution is 2.24. The van der Waals surface area contributed by atoms with Crippen molar-refractivity contribution >= 4 is 11.8 Å². The van der Waals surface area contributed by atoms with Gasteiger partial charge >= 0.3 is 11.8 Å². The Bertz CT molecular complexity index is 550. The number of carbonyl (C=O) groups is 2. The Labute approximate surface area is 132 Å². The van der Waals surface area contributed by atoms with Gasteiger partial charge in [-0.15, -0.1) is 0 Å². The number of likely N-dealkylation sites (N-methyl/N-ethyl adjacent to an activating group) is 1. The van der Waals surface area contributed by atoms with Gasteiger partial charge in [-0.05, 0) is 63.1 Å². The molecule has 22 heavy (non-hydrogen) atoms. The van der Waals surface area contributed by atoms with Crippen LogP contribution < -0.4 is 5.32 Å². The quantitative estimate of drug-likeness (QED) is 0.869. The Balaban J connectivity index is 2.04. The molecule has 2 rings (SSSR count). The largest absolute Gasteiger partial charge is 0.341 e. The summed E-state index contributed by atoms with van der Waals surface area (Å²) >= 11 is 0. The number of nitrogens with zero attached hydrogens (tertiary/aromatic N) is 1. The zero-order valence-electron chi connectivity index (χ0n) is 13.8. The average Bonchev–Trinajstić information content (AvgIpc) is 2.55. The Hall–Kier alpha value is -1.84. The van der Waals surface area contributed by atoms with E-state index in [-0.39, 0.29) is 6.04 Å². The van der Waals surface area contributed by atoms with Crippen LogP contribution in [0.3, 0.4) is 0 Å². The first kappa shape index (κ1) is 16.5. The van der Waals surface area contributed by atoms with Crippen molar-refractivity contribution in [3.8, 4) is 0 Å². The van der Waals surface area contributed by atoms with Crippen molar-refractivity contribution in [1.82, 2.24) is 10.2 Å². The maximum atomic E-state index is 12.1. The minimum absolute atomic E-state index is 0.153. The van der Waals surface area contributed by atoms with E-state index in [0.29, 0.717) is 13.1 Å². The molecule has 4 nitrogen and oxygen atoms in total. The van der Waals surface area contributed by atoms with Crippen LogP contribution in [-0.2, 0) is 22.4 Å². The Morgan fingerprint density at radius 3 is 2.41 bits per heavy atom. The summed E-state index contributed by atoms with van der Waals surface area (Å²) < 4.78 is 0. The summed E-state index contributed by atoms with van der Waals surface area (Å²) in [5.74, 6) is -0.969. The molecule has 0 bridgehead atoms. The lowest BCUT2D eigenvalue weighted by atomic mass is 9.89. The van der Waals surface area contributed by atoms with Crippen LogP contribution in [0.4, 0.5) is 0 Å². The van der Waals surface area contributed by atoms with Crippen molar-refractivity contribution in [3.63, 3.8) is 0 Å². The Kier molecular flexibility index (Phi) is 5.58. The summed E-state index contributed by atoms with van der Waals surface area (Å²) in [6.07, 6.45) is 4.76. The van der Waals surface area contributed by atoms with Gasteiger partial charge in [-0.25, -0.2) is 0 Å². The number of hydrogen-bond donors (Lipinski definition) is 1. The Morgan fingerprint density at radius 2 is 1.77 bits per heavy atom.